The summed E-state index contributed by atoms with van der Waals surface area (Å²) in [4.78, 5) is 11.4. The molecule has 0 heterocycles. The van der Waals surface area contributed by atoms with E-state index in [9.17, 15) is 9.18 Å². The van der Waals surface area contributed by atoms with Crippen LogP contribution in [0, 0.1) is 0 Å². The van der Waals surface area contributed by atoms with Crippen molar-refractivity contribution in [1.82, 2.24) is 0 Å². The van der Waals surface area contributed by atoms with Crippen molar-refractivity contribution in [3.05, 3.63) is 83.2 Å². The molecule has 0 unspecified atom stereocenters. The Morgan fingerprint density at radius 2 is 1.23 bits per heavy atom. The lowest BCUT2D eigenvalue weighted by molar-refractivity contribution is -0.115. The average molecular weight is 296 g/mol. The first-order valence-corrected chi connectivity index (χ1v) is 7.63. The molecule has 1 nitrogen and oxygen atoms in total. The van der Waals surface area contributed by atoms with Gasteiger partial charge in [-0.15, -0.1) is 0 Å². The fourth-order valence-electron chi connectivity index (χ4n) is 2.47. The lowest BCUT2D eigenvalue weighted by atomic mass is 9.97. The highest BCUT2D eigenvalue weighted by molar-refractivity contribution is 5.91. The number of carbonyl (C=O) groups excluding carboxylic acids is 1. The quantitative estimate of drug-likeness (QED) is 0.652. The van der Waals surface area contributed by atoms with Gasteiger partial charge in [-0.3, -0.25) is 4.79 Å². The molecule has 0 N–H and O–H groups in total. The molecule has 0 aliphatic heterocycles. The molecule has 0 spiro atoms. The largest absolute Gasteiger partial charge is 0.292 e. The molecule has 0 saturated carbocycles. The van der Waals surface area contributed by atoms with E-state index in [1.165, 1.54) is 6.92 Å². The lowest BCUT2D eigenvalue weighted by Gasteiger charge is -2.09. The summed E-state index contributed by atoms with van der Waals surface area (Å²) in [6, 6.07) is 19.9. The molecule has 0 aliphatic rings. The number of allylic oxidation sites excluding steroid dienone is 2. The molecule has 0 aromatic heterocycles. The Bertz CT molecular complexity index is 584. The van der Waals surface area contributed by atoms with E-state index in [0.717, 1.165) is 24.0 Å². The number of Topliss-reactive ketones (excluding diaryl/α,β-unsaturated/α-hetero) is 1. The summed E-state index contributed by atoms with van der Waals surface area (Å²) in [6.07, 6.45) is 2.68. The molecule has 0 aliphatic carbocycles. The van der Waals surface area contributed by atoms with Crippen molar-refractivity contribution < 1.29 is 9.18 Å². The number of rotatable bonds is 7. The van der Waals surface area contributed by atoms with Crippen LogP contribution in [-0.2, 0) is 17.6 Å². The van der Waals surface area contributed by atoms with Crippen molar-refractivity contribution >= 4 is 5.78 Å². The van der Waals surface area contributed by atoms with Gasteiger partial charge >= 0.3 is 0 Å². The third-order valence-corrected chi connectivity index (χ3v) is 3.74. The molecule has 0 amide bonds. The van der Waals surface area contributed by atoms with Crippen molar-refractivity contribution in [1.29, 1.82) is 0 Å². The number of carbonyl (C=O) groups is 1. The van der Waals surface area contributed by atoms with Crippen LogP contribution in [0.15, 0.2) is 72.1 Å². The van der Waals surface area contributed by atoms with Gasteiger partial charge in [-0.1, -0.05) is 60.7 Å². The Morgan fingerprint density at radius 3 is 1.59 bits per heavy atom. The Balaban J connectivity index is 2.04. The van der Waals surface area contributed by atoms with Crippen LogP contribution in [0.2, 0.25) is 0 Å². The van der Waals surface area contributed by atoms with Crippen LogP contribution in [0.1, 0.15) is 30.9 Å². The first-order valence-electron chi connectivity index (χ1n) is 7.63. The molecule has 0 saturated heterocycles. The van der Waals surface area contributed by atoms with Crippen LogP contribution in [0.5, 0.6) is 0 Å². The van der Waals surface area contributed by atoms with E-state index < -0.39 is 11.6 Å². The number of ketones is 1. The molecule has 0 radical (unpaired) electrons. The minimum atomic E-state index is -0.563. The molecule has 114 valence electrons. The van der Waals surface area contributed by atoms with Crippen LogP contribution < -0.4 is 0 Å². The number of hydrogen-bond acceptors (Lipinski definition) is 1. The van der Waals surface area contributed by atoms with Crippen molar-refractivity contribution in [3.63, 3.8) is 0 Å². The van der Waals surface area contributed by atoms with Gasteiger partial charge in [-0.05, 0) is 42.4 Å². The maximum atomic E-state index is 14.1. The third-order valence-electron chi connectivity index (χ3n) is 3.74. The zero-order chi connectivity index (χ0) is 15.8. The van der Waals surface area contributed by atoms with Crippen LogP contribution in [0.3, 0.4) is 0 Å². The number of hydrogen-bond donors (Lipinski definition) is 0. The van der Waals surface area contributed by atoms with Gasteiger partial charge in [-0.25, -0.2) is 4.39 Å². The van der Waals surface area contributed by atoms with E-state index in [1.807, 2.05) is 60.7 Å². The Kier molecular flexibility index (Phi) is 6.08. The first kappa shape index (κ1) is 16.2. The number of aryl methyl sites for hydroxylation is 2. The Labute approximate surface area is 131 Å². The van der Waals surface area contributed by atoms with Gasteiger partial charge in [0, 0.05) is 6.92 Å². The summed E-state index contributed by atoms with van der Waals surface area (Å²) in [5.74, 6) is -1.04. The maximum Gasteiger partial charge on any atom is 0.188 e. The van der Waals surface area contributed by atoms with Crippen LogP contribution in [0.25, 0.3) is 0 Å². The summed E-state index contributed by atoms with van der Waals surface area (Å²) < 4.78 is 14.1. The molecule has 2 rings (SSSR count). The number of halogens is 1. The SMILES string of the molecule is CC(=O)C(F)=C(CCc1ccccc1)CCc1ccccc1. The summed E-state index contributed by atoms with van der Waals surface area (Å²) in [5.41, 5.74) is 2.95. The van der Waals surface area contributed by atoms with Crippen molar-refractivity contribution in [2.45, 2.75) is 32.6 Å². The van der Waals surface area contributed by atoms with Crippen molar-refractivity contribution in [2.75, 3.05) is 0 Å². The van der Waals surface area contributed by atoms with Crippen molar-refractivity contribution in [2.24, 2.45) is 0 Å². The molecule has 0 bridgehead atoms. The predicted octanol–water partition coefficient (Wildman–Crippen LogP) is 5.06. The minimum absolute atomic E-state index is 0.476. The second-order valence-corrected chi connectivity index (χ2v) is 5.44. The van der Waals surface area contributed by atoms with E-state index in [-0.39, 0.29) is 0 Å². The van der Waals surface area contributed by atoms with Gasteiger partial charge in [0.2, 0.25) is 0 Å². The minimum Gasteiger partial charge on any atom is -0.292 e. The van der Waals surface area contributed by atoms with E-state index in [4.69, 9.17) is 0 Å². The van der Waals surface area contributed by atoms with E-state index in [1.54, 1.807) is 0 Å². The Morgan fingerprint density at radius 1 is 0.818 bits per heavy atom. The fourth-order valence-corrected chi connectivity index (χ4v) is 2.47. The first-order chi connectivity index (χ1) is 10.7. The van der Waals surface area contributed by atoms with E-state index in [2.05, 4.69) is 0 Å². The van der Waals surface area contributed by atoms with Crippen LogP contribution in [0.4, 0.5) is 4.39 Å². The molecule has 2 heteroatoms. The summed E-state index contributed by atoms with van der Waals surface area (Å²) in [7, 11) is 0. The standard InChI is InChI=1S/C20H21FO/c1-16(22)20(21)19(14-12-17-8-4-2-5-9-17)15-13-18-10-6-3-7-11-18/h2-11H,12-15H2,1H3. The zero-order valence-corrected chi connectivity index (χ0v) is 12.9. The predicted molar refractivity (Wildman–Crippen MR) is 88.3 cm³/mol. The van der Waals surface area contributed by atoms with E-state index in [0.29, 0.717) is 18.4 Å². The van der Waals surface area contributed by atoms with Gasteiger partial charge in [0.15, 0.2) is 11.6 Å². The molecule has 2 aromatic carbocycles. The third kappa shape index (κ3) is 4.96. The van der Waals surface area contributed by atoms with Gasteiger partial charge in [0.05, 0.1) is 0 Å². The van der Waals surface area contributed by atoms with Gasteiger partial charge in [-0.2, -0.15) is 0 Å². The lowest BCUT2D eigenvalue weighted by Crippen LogP contribution is -2.01. The van der Waals surface area contributed by atoms with E-state index >= 15 is 0 Å². The smallest absolute Gasteiger partial charge is 0.188 e. The summed E-state index contributed by atoms with van der Waals surface area (Å²) in [5, 5.41) is 0. The average Bonchev–Trinajstić information content (AvgIpc) is 2.56. The maximum absolute atomic E-state index is 14.1. The molecule has 0 fully saturated rings. The molecule has 2 aromatic rings. The molecular formula is C20H21FO. The van der Waals surface area contributed by atoms with Crippen molar-refractivity contribution in [3.8, 4) is 0 Å². The topological polar surface area (TPSA) is 17.1 Å². The second-order valence-electron chi connectivity index (χ2n) is 5.44. The zero-order valence-electron chi connectivity index (χ0n) is 12.9. The molecule has 0 atom stereocenters. The van der Waals surface area contributed by atoms with Gasteiger partial charge < -0.3 is 0 Å². The highest BCUT2D eigenvalue weighted by Crippen LogP contribution is 2.21. The summed E-state index contributed by atoms with van der Waals surface area (Å²) >= 11 is 0. The second kappa shape index (κ2) is 8.28. The fraction of sp³-hybridized carbons (Fsp3) is 0.250. The van der Waals surface area contributed by atoms with Crippen LogP contribution in [-0.4, -0.2) is 5.78 Å². The molecular weight excluding hydrogens is 275 g/mol. The monoisotopic (exact) mass is 296 g/mol. The number of benzene rings is 2. The van der Waals surface area contributed by atoms with Gasteiger partial charge in [0.1, 0.15) is 0 Å². The normalized spacial score (nSPS) is 10.3. The Hall–Kier alpha value is -2.22. The van der Waals surface area contributed by atoms with Crippen LogP contribution >= 0.6 is 0 Å². The highest BCUT2D eigenvalue weighted by atomic mass is 19.1. The summed E-state index contributed by atoms with van der Waals surface area (Å²) in [6.45, 7) is 1.29. The highest BCUT2D eigenvalue weighted by Gasteiger charge is 2.11. The molecule has 22 heavy (non-hydrogen) atoms. The van der Waals surface area contributed by atoms with Gasteiger partial charge in [0.25, 0.3) is 0 Å².